The van der Waals surface area contributed by atoms with Crippen LogP contribution in [0.15, 0.2) is 18.2 Å². The molecule has 4 nitrogen and oxygen atoms in total. The SMILES string of the molecule is O=C(NCC[NH+]1CCCCC1)Nc1ccc(F)cc1F. The Morgan fingerprint density at radius 1 is 1.20 bits per heavy atom. The first-order valence-electron chi connectivity index (χ1n) is 6.98. The molecule has 1 aliphatic heterocycles. The minimum absolute atomic E-state index is 0.0192. The molecule has 0 spiro atoms. The van der Waals surface area contributed by atoms with Crippen molar-refractivity contribution in [1.82, 2.24) is 5.32 Å². The standard InChI is InChI=1S/C14H19F2N3O/c15-11-4-5-13(12(16)10-11)18-14(20)17-6-9-19-7-2-1-3-8-19/h4-5,10H,1-3,6-9H2,(H2,17,18,20)/p+1. The summed E-state index contributed by atoms with van der Waals surface area (Å²) in [6.07, 6.45) is 3.77. The van der Waals surface area contributed by atoms with E-state index in [1.807, 2.05) is 0 Å². The Morgan fingerprint density at radius 2 is 1.95 bits per heavy atom. The van der Waals surface area contributed by atoms with E-state index < -0.39 is 17.7 Å². The van der Waals surface area contributed by atoms with E-state index in [0.717, 1.165) is 31.8 Å². The van der Waals surface area contributed by atoms with Gasteiger partial charge in [0.1, 0.15) is 11.6 Å². The first-order chi connectivity index (χ1) is 9.65. The van der Waals surface area contributed by atoms with Gasteiger partial charge in [-0.2, -0.15) is 0 Å². The fraction of sp³-hybridized carbons (Fsp3) is 0.500. The number of carbonyl (C=O) groups excluding carboxylic acids is 1. The number of benzene rings is 1. The fourth-order valence-electron chi connectivity index (χ4n) is 2.41. The van der Waals surface area contributed by atoms with Gasteiger partial charge in [-0.15, -0.1) is 0 Å². The molecule has 0 aromatic heterocycles. The Morgan fingerprint density at radius 3 is 2.65 bits per heavy atom. The lowest BCUT2D eigenvalue weighted by Gasteiger charge is -2.23. The molecule has 0 atom stereocenters. The Bertz CT molecular complexity index is 462. The van der Waals surface area contributed by atoms with Crippen molar-refractivity contribution in [2.75, 3.05) is 31.5 Å². The van der Waals surface area contributed by atoms with Crippen LogP contribution in [0.3, 0.4) is 0 Å². The molecule has 0 saturated carbocycles. The van der Waals surface area contributed by atoms with Crippen molar-refractivity contribution in [2.45, 2.75) is 19.3 Å². The molecule has 0 bridgehead atoms. The van der Waals surface area contributed by atoms with Crippen molar-refractivity contribution < 1.29 is 18.5 Å². The van der Waals surface area contributed by atoms with Gasteiger partial charge < -0.3 is 15.5 Å². The Hall–Kier alpha value is -1.69. The zero-order chi connectivity index (χ0) is 14.4. The molecule has 1 aliphatic rings. The highest BCUT2D eigenvalue weighted by Crippen LogP contribution is 2.14. The van der Waals surface area contributed by atoms with Crippen LogP contribution in [0, 0.1) is 11.6 Å². The third kappa shape index (κ3) is 4.45. The molecule has 6 heteroatoms. The number of carbonyl (C=O) groups is 1. The smallest absolute Gasteiger partial charge is 0.319 e. The van der Waals surface area contributed by atoms with Crippen LogP contribution in [0.4, 0.5) is 19.3 Å². The van der Waals surface area contributed by atoms with E-state index in [0.29, 0.717) is 6.54 Å². The molecule has 1 aromatic rings. The van der Waals surface area contributed by atoms with Gasteiger partial charge in [-0.3, -0.25) is 0 Å². The normalized spacial score (nSPS) is 15.9. The summed E-state index contributed by atoms with van der Waals surface area (Å²) in [7, 11) is 0. The molecular formula is C14H20F2N3O+. The van der Waals surface area contributed by atoms with Crippen molar-refractivity contribution >= 4 is 11.7 Å². The van der Waals surface area contributed by atoms with Crippen LogP contribution in [0.25, 0.3) is 0 Å². The summed E-state index contributed by atoms with van der Waals surface area (Å²) in [5, 5.41) is 5.06. The zero-order valence-electron chi connectivity index (χ0n) is 11.3. The number of anilines is 1. The molecule has 0 unspecified atom stereocenters. The largest absolute Gasteiger partial charge is 0.333 e. The molecule has 1 aromatic carbocycles. The first-order valence-corrected chi connectivity index (χ1v) is 6.98. The Kier molecular flexibility index (Phi) is 5.29. The molecule has 1 saturated heterocycles. The summed E-state index contributed by atoms with van der Waals surface area (Å²) in [6.45, 7) is 3.72. The number of piperidine rings is 1. The average molecular weight is 284 g/mol. The third-order valence-corrected chi connectivity index (χ3v) is 3.50. The number of hydrogen-bond donors (Lipinski definition) is 3. The number of urea groups is 1. The fourth-order valence-corrected chi connectivity index (χ4v) is 2.41. The van der Waals surface area contributed by atoms with Crippen molar-refractivity contribution in [2.24, 2.45) is 0 Å². The van der Waals surface area contributed by atoms with Crippen LogP contribution in [0.2, 0.25) is 0 Å². The van der Waals surface area contributed by atoms with Crippen LogP contribution in [-0.2, 0) is 0 Å². The highest BCUT2D eigenvalue weighted by molar-refractivity contribution is 5.89. The summed E-state index contributed by atoms with van der Waals surface area (Å²) in [6, 6.07) is 2.59. The van der Waals surface area contributed by atoms with E-state index >= 15 is 0 Å². The first kappa shape index (κ1) is 14.7. The maximum atomic E-state index is 13.3. The molecule has 2 rings (SSSR count). The topological polar surface area (TPSA) is 45.6 Å². The lowest BCUT2D eigenvalue weighted by atomic mass is 10.1. The van der Waals surface area contributed by atoms with Crippen LogP contribution in [-0.4, -0.2) is 32.2 Å². The summed E-state index contributed by atoms with van der Waals surface area (Å²) >= 11 is 0. The quantitative estimate of drug-likeness (QED) is 0.763. The van der Waals surface area contributed by atoms with Crippen LogP contribution >= 0.6 is 0 Å². The minimum atomic E-state index is -0.776. The van der Waals surface area contributed by atoms with E-state index in [1.165, 1.54) is 30.2 Å². The molecule has 0 radical (unpaired) electrons. The van der Waals surface area contributed by atoms with E-state index in [2.05, 4.69) is 10.6 Å². The highest BCUT2D eigenvalue weighted by atomic mass is 19.1. The van der Waals surface area contributed by atoms with E-state index in [-0.39, 0.29) is 5.69 Å². The van der Waals surface area contributed by atoms with E-state index in [9.17, 15) is 13.6 Å². The van der Waals surface area contributed by atoms with Crippen LogP contribution in [0.1, 0.15) is 19.3 Å². The second-order valence-corrected chi connectivity index (χ2v) is 5.07. The lowest BCUT2D eigenvalue weighted by molar-refractivity contribution is -0.903. The van der Waals surface area contributed by atoms with Crippen molar-refractivity contribution in [3.05, 3.63) is 29.8 Å². The van der Waals surface area contributed by atoms with Crippen molar-refractivity contribution in [1.29, 1.82) is 0 Å². The Balaban J connectivity index is 1.72. The minimum Gasteiger partial charge on any atom is -0.333 e. The number of quaternary nitrogens is 1. The number of rotatable bonds is 4. The Labute approximate surface area is 117 Å². The summed E-state index contributed by atoms with van der Waals surface area (Å²) in [5.41, 5.74) is -0.0192. The predicted molar refractivity (Wildman–Crippen MR) is 72.8 cm³/mol. The number of amides is 2. The lowest BCUT2D eigenvalue weighted by Crippen LogP contribution is -3.13. The molecular weight excluding hydrogens is 264 g/mol. The number of hydrogen-bond acceptors (Lipinski definition) is 1. The van der Waals surface area contributed by atoms with Gasteiger partial charge in [0.25, 0.3) is 0 Å². The van der Waals surface area contributed by atoms with Gasteiger partial charge in [0.15, 0.2) is 0 Å². The third-order valence-electron chi connectivity index (χ3n) is 3.50. The van der Waals surface area contributed by atoms with Crippen LogP contribution in [0.5, 0.6) is 0 Å². The number of likely N-dealkylation sites (tertiary alicyclic amines) is 1. The highest BCUT2D eigenvalue weighted by Gasteiger charge is 2.13. The van der Waals surface area contributed by atoms with Gasteiger partial charge >= 0.3 is 6.03 Å². The summed E-state index contributed by atoms with van der Waals surface area (Å²) in [4.78, 5) is 13.1. The molecule has 110 valence electrons. The molecule has 1 fully saturated rings. The molecule has 1 heterocycles. The second kappa shape index (κ2) is 7.19. The van der Waals surface area contributed by atoms with Gasteiger partial charge in [0.2, 0.25) is 0 Å². The van der Waals surface area contributed by atoms with E-state index in [1.54, 1.807) is 0 Å². The van der Waals surface area contributed by atoms with Gasteiger partial charge in [0, 0.05) is 6.07 Å². The molecule has 2 amide bonds. The predicted octanol–water partition coefficient (Wildman–Crippen LogP) is 1.16. The van der Waals surface area contributed by atoms with Crippen LogP contribution < -0.4 is 15.5 Å². The molecule has 3 N–H and O–H groups in total. The van der Waals surface area contributed by atoms with Gasteiger partial charge in [-0.1, -0.05) is 0 Å². The second-order valence-electron chi connectivity index (χ2n) is 5.07. The number of nitrogens with one attached hydrogen (secondary N) is 3. The van der Waals surface area contributed by atoms with Crippen molar-refractivity contribution in [3.63, 3.8) is 0 Å². The molecule has 0 aliphatic carbocycles. The van der Waals surface area contributed by atoms with Crippen molar-refractivity contribution in [3.8, 4) is 0 Å². The zero-order valence-corrected chi connectivity index (χ0v) is 11.3. The van der Waals surface area contributed by atoms with Gasteiger partial charge in [0.05, 0.1) is 31.9 Å². The maximum absolute atomic E-state index is 13.3. The molecule has 20 heavy (non-hydrogen) atoms. The van der Waals surface area contributed by atoms with Gasteiger partial charge in [-0.25, -0.2) is 13.6 Å². The number of halogens is 2. The summed E-state index contributed by atoms with van der Waals surface area (Å²) < 4.78 is 26.1. The van der Waals surface area contributed by atoms with E-state index in [4.69, 9.17) is 0 Å². The summed E-state index contributed by atoms with van der Waals surface area (Å²) in [5.74, 6) is -1.44. The maximum Gasteiger partial charge on any atom is 0.319 e. The van der Waals surface area contributed by atoms with Gasteiger partial charge in [-0.05, 0) is 31.4 Å². The monoisotopic (exact) mass is 284 g/mol. The average Bonchev–Trinajstić information content (AvgIpc) is 2.43.